The third-order valence-corrected chi connectivity index (χ3v) is 2.52. The molecule has 0 N–H and O–H groups in total. The van der Waals surface area contributed by atoms with E-state index in [-0.39, 0.29) is 0 Å². The molecule has 0 amide bonds. The van der Waals surface area contributed by atoms with Gasteiger partial charge in [-0.2, -0.15) is 4.98 Å². The molecule has 3 heteroatoms. The van der Waals surface area contributed by atoms with E-state index in [2.05, 4.69) is 23.8 Å². The molecule has 14 heavy (non-hydrogen) atoms. The van der Waals surface area contributed by atoms with Crippen LogP contribution in [-0.4, -0.2) is 16.6 Å². The van der Waals surface area contributed by atoms with Gasteiger partial charge in [-0.05, 0) is 19.8 Å². The summed E-state index contributed by atoms with van der Waals surface area (Å²) in [6.45, 7) is 7.04. The van der Waals surface area contributed by atoms with Crippen LogP contribution < -0.4 is 4.74 Å². The van der Waals surface area contributed by atoms with Crippen molar-refractivity contribution in [2.45, 2.75) is 39.5 Å². The van der Waals surface area contributed by atoms with Crippen LogP contribution in [0.3, 0.4) is 0 Å². The Morgan fingerprint density at radius 2 is 2.07 bits per heavy atom. The summed E-state index contributed by atoms with van der Waals surface area (Å²) in [5, 5.41) is 0. The van der Waals surface area contributed by atoms with Crippen LogP contribution in [-0.2, 0) is 6.42 Å². The van der Waals surface area contributed by atoms with E-state index in [9.17, 15) is 0 Å². The molecule has 0 unspecified atom stereocenters. The summed E-state index contributed by atoms with van der Waals surface area (Å²) in [5.41, 5.74) is 2.28. The number of hydrogen-bond donors (Lipinski definition) is 0. The van der Waals surface area contributed by atoms with Gasteiger partial charge in [0.1, 0.15) is 5.82 Å². The van der Waals surface area contributed by atoms with E-state index in [4.69, 9.17) is 4.74 Å². The molecule has 0 aliphatic carbocycles. The maximum absolute atomic E-state index is 5.54. The van der Waals surface area contributed by atoms with E-state index in [1.54, 1.807) is 0 Å². The predicted molar refractivity (Wildman–Crippen MR) is 54.7 cm³/mol. The lowest BCUT2D eigenvalue weighted by molar-refractivity contribution is 0.273. The van der Waals surface area contributed by atoms with Crippen molar-refractivity contribution in [1.29, 1.82) is 0 Å². The van der Waals surface area contributed by atoms with E-state index >= 15 is 0 Å². The number of ether oxygens (including phenoxy) is 1. The van der Waals surface area contributed by atoms with Crippen molar-refractivity contribution < 1.29 is 4.74 Å². The van der Waals surface area contributed by atoms with E-state index in [1.165, 1.54) is 5.56 Å². The molecule has 0 atom stereocenters. The molecule has 0 saturated carbocycles. The summed E-state index contributed by atoms with van der Waals surface area (Å²) in [5.74, 6) is 2.07. The molecule has 0 aromatic carbocycles. The Kier molecular flexibility index (Phi) is 2.40. The van der Waals surface area contributed by atoms with Gasteiger partial charge in [-0.1, -0.05) is 13.8 Å². The molecule has 1 aliphatic rings. The van der Waals surface area contributed by atoms with Gasteiger partial charge in [0.15, 0.2) is 0 Å². The second kappa shape index (κ2) is 3.56. The monoisotopic (exact) mass is 192 g/mol. The van der Waals surface area contributed by atoms with Gasteiger partial charge in [-0.25, -0.2) is 4.98 Å². The smallest absolute Gasteiger partial charge is 0.220 e. The van der Waals surface area contributed by atoms with Gasteiger partial charge >= 0.3 is 0 Å². The molecule has 1 aliphatic heterocycles. The molecule has 0 fully saturated rings. The normalized spacial score (nSPS) is 15.1. The third-order valence-electron chi connectivity index (χ3n) is 2.52. The summed E-state index contributed by atoms with van der Waals surface area (Å²) in [6.07, 6.45) is 2.14. The van der Waals surface area contributed by atoms with Gasteiger partial charge < -0.3 is 4.74 Å². The first-order valence-electron chi connectivity index (χ1n) is 5.18. The number of fused-ring (bicyclic) bond motifs is 1. The molecule has 1 aromatic heterocycles. The molecule has 0 spiro atoms. The van der Waals surface area contributed by atoms with Crippen LogP contribution in [0.2, 0.25) is 0 Å². The second-order valence-corrected chi connectivity index (χ2v) is 4.06. The Labute approximate surface area is 84.5 Å². The zero-order valence-electron chi connectivity index (χ0n) is 9.00. The van der Waals surface area contributed by atoms with Crippen molar-refractivity contribution in [1.82, 2.24) is 9.97 Å². The Hall–Kier alpha value is -1.12. The van der Waals surface area contributed by atoms with Crippen LogP contribution in [0, 0.1) is 6.92 Å². The first kappa shape index (κ1) is 9.44. The van der Waals surface area contributed by atoms with Gasteiger partial charge in [-0.3, -0.25) is 0 Å². The number of hydrogen-bond acceptors (Lipinski definition) is 3. The minimum absolute atomic E-state index is 0.365. The summed E-state index contributed by atoms with van der Waals surface area (Å²) in [6, 6.07) is 0. The average Bonchev–Trinajstić information content (AvgIpc) is 2.17. The molecular formula is C11H16N2O. The minimum atomic E-state index is 0.365. The molecule has 3 nitrogen and oxygen atoms in total. The summed E-state index contributed by atoms with van der Waals surface area (Å²) in [4.78, 5) is 8.94. The summed E-state index contributed by atoms with van der Waals surface area (Å²) < 4.78 is 5.54. The molecule has 0 saturated heterocycles. The minimum Gasteiger partial charge on any atom is -0.477 e. The molecular weight excluding hydrogens is 176 g/mol. The highest BCUT2D eigenvalue weighted by Gasteiger charge is 2.17. The first-order valence-corrected chi connectivity index (χ1v) is 5.18. The van der Waals surface area contributed by atoms with Crippen molar-refractivity contribution in [3.8, 4) is 5.88 Å². The van der Waals surface area contributed by atoms with Crippen LogP contribution >= 0.6 is 0 Å². The molecule has 2 rings (SSSR count). The van der Waals surface area contributed by atoms with Crippen LogP contribution in [0.4, 0.5) is 0 Å². The average molecular weight is 192 g/mol. The zero-order chi connectivity index (χ0) is 10.1. The van der Waals surface area contributed by atoms with Crippen molar-refractivity contribution >= 4 is 0 Å². The predicted octanol–water partition coefficient (Wildman–Crippen LogP) is 2.23. The lowest BCUT2D eigenvalue weighted by Gasteiger charge is -2.19. The van der Waals surface area contributed by atoms with Crippen molar-refractivity contribution in [3.63, 3.8) is 0 Å². The lowest BCUT2D eigenvalue weighted by Crippen LogP contribution is -2.14. The number of rotatable bonds is 1. The molecule has 76 valence electrons. The fourth-order valence-electron chi connectivity index (χ4n) is 1.67. The maximum atomic E-state index is 5.54. The standard InChI is InChI=1S/C11H16N2O/c1-7(2)10-12-8(3)9-5-4-6-14-11(9)13-10/h7H,4-6H2,1-3H3. The van der Waals surface area contributed by atoms with Gasteiger partial charge in [-0.15, -0.1) is 0 Å². The highest BCUT2D eigenvalue weighted by atomic mass is 16.5. The lowest BCUT2D eigenvalue weighted by atomic mass is 10.1. The van der Waals surface area contributed by atoms with Crippen molar-refractivity contribution in [3.05, 3.63) is 17.1 Å². The first-order chi connectivity index (χ1) is 6.68. The zero-order valence-corrected chi connectivity index (χ0v) is 9.00. The number of aromatic nitrogens is 2. The Morgan fingerprint density at radius 1 is 1.29 bits per heavy atom. The summed E-state index contributed by atoms with van der Waals surface area (Å²) >= 11 is 0. The van der Waals surface area contributed by atoms with Gasteiger partial charge in [0.05, 0.1) is 6.61 Å². The maximum Gasteiger partial charge on any atom is 0.220 e. The van der Waals surface area contributed by atoms with Gasteiger partial charge in [0, 0.05) is 17.2 Å². The van der Waals surface area contributed by atoms with E-state index in [0.29, 0.717) is 5.92 Å². The van der Waals surface area contributed by atoms with Crippen LogP contribution in [0.15, 0.2) is 0 Å². The fraction of sp³-hybridized carbons (Fsp3) is 0.636. The largest absolute Gasteiger partial charge is 0.477 e. The number of aryl methyl sites for hydroxylation is 1. The van der Waals surface area contributed by atoms with Crippen molar-refractivity contribution in [2.24, 2.45) is 0 Å². The second-order valence-electron chi connectivity index (χ2n) is 4.06. The third kappa shape index (κ3) is 1.59. The Bertz CT molecular complexity index is 347. The van der Waals surface area contributed by atoms with Crippen molar-refractivity contribution in [2.75, 3.05) is 6.61 Å². The topological polar surface area (TPSA) is 35.0 Å². The Morgan fingerprint density at radius 3 is 2.79 bits per heavy atom. The van der Waals surface area contributed by atoms with Crippen LogP contribution in [0.5, 0.6) is 5.88 Å². The quantitative estimate of drug-likeness (QED) is 0.684. The highest BCUT2D eigenvalue weighted by Crippen LogP contribution is 2.26. The molecule has 0 radical (unpaired) electrons. The van der Waals surface area contributed by atoms with Crippen LogP contribution in [0.1, 0.15) is 43.3 Å². The van der Waals surface area contributed by atoms with Gasteiger partial charge in [0.25, 0.3) is 0 Å². The number of nitrogens with zero attached hydrogens (tertiary/aromatic N) is 2. The van der Waals surface area contributed by atoms with Gasteiger partial charge in [0.2, 0.25) is 5.88 Å². The molecule has 1 aromatic rings. The highest BCUT2D eigenvalue weighted by molar-refractivity contribution is 5.32. The molecule has 2 heterocycles. The fourth-order valence-corrected chi connectivity index (χ4v) is 1.67. The van der Waals surface area contributed by atoms with E-state index in [0.717, 1.165) is 36.8 Å². The summed E-state index contributed by atoms with van der Waals surface area (Å²) in [7, 11) is 0. The molecule has 0 bridgehead atoms. The van der Waals surface area contributed by atoms with E-state index < -0.39 is 0 Å². The van der Waals surface area contributed by atoms with E-state index in [1.807, 2.05) is 6.92 Å². The Balaban J connectivity index is 2.46. The SMILES string of the molecule is Cc1nc(C(C)C)nc2c1CCCO2. The van der Waals surface area contributed by atoms with Crippen LogP contribution in [0.25, 0.3) is 0 Å².